The van der Waals surface area contributed by atoms with Gasteiger partial charge in [-0.25, -0.2) is 0 Å². The largest absolute Gasteiger partial charge is 0.321 e. The number of hydrogen-bond acceptors (Lipinski definition) is 3. The molecule has 1 aromatic heterocycles. The molecule has 4 heteroatoms. The van der Waals surface area contributed by atoms with E-state index in [9.17, 15) is 4.79 Å². The SMILES string of the molecule is Cc1ccc(C2NCC(=O)N2CC2C(C)(C)C2(C)C)s1. The van der Waals surface area contributed by atoms with Crippen LogP contribution < -0.4 is 5.32 Å². The summed E-state index contributed by atoms with van der Waals surface area (Å²) in [6.07, 6.45) is 0.0772. The molecular weight excluding hydrogens is 268 g/mol. The minimum atomic E-state index is 0.0772. The maximum Gasteiger partial charge on any atom is 0.238 e. The molecule has 20 heavy (non-hydrogen) atoms. The van der Waals surface area contributed by atoms with Gasteiger partial charge in [-0.3, -0.25) is 10.1 Å². The van der Waals surface area contributed by atoms with Crippen molar-refractivity contribution in [2.24, 2.45) is 16.7 Å². The van der Waals surface area contributed by atoms with Crippen LogP contribution in [-0.2, 0) is 4.79 Å². The van der Waals surface area contributed by atoms with Gasteiger partial charge in [0.1, 0.15) is 6.17 Å². The van der Waals surface area contributed by atoms with Gasteiger partial charge in [-0.15, -0.1) is 11.3 Å². The summed E-state index contributed by atoms with van der Waals surface area (Å²) < 4.78 is 0. The third kappa shape index (κ3) is 1.92. The Balaban J connectivity index is 1.79. The van der Waals surface area contributed by atoms with Gasteiger partial charge in [0.25, 0.3) is 0 Å². The van der Waals surface area contributed by atoms with E-state index in [1.54, 1.807) is 11.3 Å². The minimum absolute atomic E-state index is 0.0772. The van der Waals surface area contributed by atoms with E-state index in [1.165, 1.54) is 9.75 Å². The fourth-order valence-corrected chi connectivity index (χ4v) is 4.55. The highest BCUT2D eigenvalue weighted by atomic mass is 32.1. The van der Waals surface area contributed by atoms with Crippen molar-refractivity contribution in [2.75, 3.05) is 13.1 Å². The summed E-state index contributed by atoms with van der Waals surface area (Å²) in [6.45, 7) is 12.7. The maximum atomic E-state index is 12.2. The first-order chi connectivity index (χ1) is 9.25. The quantitative estimate of drug-likeness (QED) is 0.928. The van der Waals surface area contributed by atoms with Crippen molar-refractivity contribution in [3.05, 3.63) is 21.9 Å². The van der Waals surface area contributed by atoms with Gasteiger partial charge in [-0.05, 0) is 35.8 Å². The third-order valence-electron chi connectivity index (χ3n) is 5.81. The van der Waals surface area contributed by atoms with Crippen LogP contribution in [0.2, 0.25) is 0 Å². The van der Waals surface area contributed by atoms with Gasteiger partial charge in [0.15, 0.2) is 0 Å². The number of thiophene rings is 1. The molecule has 0 radical (unpaired) electrons. The van der Waals surface area contributed by atoms with Crippen LogP contribution in [0.4, 0.5) is 0 Å². The molecule has 2 fully saturated rings. The molecule has 1 atom stereocenters. The molecule has 1 saturated heterocycles. The molecule has 1 amide bonds. The molecule has 1 aliphatic carbocycles. The van der Waals surface area contributed by atoms with E-state index in [4.69, 9.17) is 0 Å². The molecule has 0 bridgehead atoms. The molecule has 1 saturated carbocycles. The molecule has 1 unspecified atom stereocenters. The van der Waals surface area contributed by atoms with Crippen molar-refractivity contribution < 1.29 is 4.79 Å². The van der Waals surface area contributed by atoms with E-state index in [-0.39, 0.29) is 12.1 Å². The zero-order valence-electron chi connectivity index (χ0n) is 13.0. The van der Waals surface area contributed by atoms with E-state index in [1.807, 2.05) is 4.90 Å². The average molecular weight is 292 g/mol. The van der Waals surface area contributed by atoms with Crippen molar-refractivity contribution in [1.29, 1.82) is 0 Å². The fraction of sp³-hybridized carbons (Fsp3) is 0.688. The summed E-state index contributed by atoms with van der Waals surface area (Å²) in [4.78, 5) is 16.8. The monoisotopic (exact) mass is 292 g/mol. The predicted octanol–water partition coefficient (Wildman–Crippen LogP) is 3.17. The summed E-state index contributed by atoms with van der Waals surface area (Å²) in [7, 11) is 0. The van der Waals surface area contributed by atoms with Crippen LogP contribution in [0.1, 0.15) is 43.6 Å². The lowest BCUT2D eigenvalue weighted by Gasteiger charge is -2.24. The third-order valence-corrected chi connectivity index (χ3v) is 6.86. The number of nitrogens with zero attached hydrogens (tertiary/aromatic N) is 1. The number of nitrogens with one attached hydrogen (secondary N) is 1. The number of aryl methyl sites for hydroxylation is 1. The Morgan fingerprint density at radius 2 is 1.95 bits per heavy atom. The maximum absolute atomic E-state index is 12.2. The number of amides is 1. The van der Waals surface area contributed by atoms with Gasteiger partial charge in [0, 0.05) is 16.3 Å². The highest BCUT2D eigenvalue weighted by Crippen LogP contribution is 2.68. The fourth-order valence-electron chi connectivity index (χ4n) is 3.59. The van der Waals surface area contributed by atoms with Gasteiger partial charge in [-0.1, -0.05) is 27.7 Å². The standard InChI is InChI=1S/C16H24N2OS/c1-10-6-7-11(20-10)14-17-8-13(19)18(14)9-12-15(2,3)16(12,4)5/h6-7,12,14,17H,8-9H2,1-5H3. The zero-order chi connectivity index (χ0) is 14.7. The second-order valence-electron chi connectivity index (χ2n) is 7.27. The molecule has 1 N–H and O–H groups in total. The molecule has 110 valence electrons. The van der Waals surface area contributed by atoms with Gasteiger partial charge in [0.05, 0.1) is 6.54 Å². The normalized spacial score (nSPS) is 28.1. The minimum Gasteiger partial charge on any atom is -0.321 e. The molecule has 1 aliphatic heterocycles. The molecular formula is C16H24N2OS. The summed E-state index contributed by atoms with van der Waals surface area (Å²) in [5, 5.41) is 3.36. The Labute approximate surface area is 125 Å². The molecule has 0 aromatic carbocycles. The van der Waals surface area contributed by atoms with E-state index < -0.39 is 0 Å². The highest BCUT2D eigenvalue weighted by Gasteiger charge is 2.65. The second-order valence-corrected chi connectivity index (χ2v) is 8.59. The number of hydrogen-bond donors (Lipinski definition) is 1. The lowest BCUT2D eigenvalue weighted by molar-refractivity contribution is -0.128. The molecule has 3 rings (SSSR count). The van der Waals surface area contributed by atoms with Gasteiger partial charge in [-0.2, -0.15) is 0 Å². The average Bonchev–Trinajstić information content (AvgIpc) is 2.78. The molecule has 0 spiro atoms. The summed E-state index contributed by atoms with van der Waals surface area (Å²) in [6, 6.07) is 4.28. The van der Waals surface area contributed by atoms with Crippen LogP contribution in [0.25, 0.3) is 0 Å². The molecule has 1 aromatic rings. The van der Waals surface area contributed by atoms with Crippen LogP contribution in [0.3, 0.4) is 0 Å². The van der Waals surface area contributed by atoms with Crippen LogP contribution in [0.5, 0.6) is 0 Å². The van der Waals surface area contributed by atoms with Crippen molar-refractivity contribution in [3.8, 4) is 0 Å². The Bertz CT molecular complexity index is 532. The summed E-state index contributed by atoms with van der Waals surface area (Å²) in [5.74, 6) is 0.821. The summed E-state index contributed by atoms with van der Waals surface area (Å²) in [5.41, 5.74) is 0.650. The predicted molar refractivity (Wildman–Crippen MR) is 82.6 cm³/mol. The van der Waals surface area contributed by atoms with Crippen molar-refractivity contribution in [1.82, 2.24) is 10.2 Å². The zero-order valence-corrected chi connectivity index (χ0v) is 13.8. The van der Waals surface area contributed by atoms with E-state index in [0.717, 1.165) is 6.54 Å². The smallest absolute Gasteiger partial charge is 0.238 e. The van der Waals surface area contributed by atoms with Crippen LogP contribution in [-0.4, -0.2) is 23.9 Å². The van der Waals surface area contributed by atoms with Crippen LogP contribution in [0, 0.1) is 23.7 Å². The lowest BCUT2D eigenvalue weighted by atomic mass is 10.0. The first-order valence-electron chi connectivity index (χ1n) is 7.34. The van der Waals surface area contributed by atoms with Crippen LogP contribution in [0.15, 0.2) is 12.1 Å². The molecule has 3 nitrogen and oxygen atoms in total. The van der Waals surface area contributed by atoms with Crippen molar-refractivity contribution in [2.45, 2.75) is 40.8 Å². The lowest BCUT2D eigenvalue weighted by Crippen LogP contribution is -2.32. The number of carbonyl (C=O) groups is 1. The number of carbonyl (C=O) groups excluding carboxylic acids is 1. The first-order valence-corrected chi connectivity index (χ1v) is 8.16. The Morgan fingerprint density at radius 3 is 2.45 bits per heavy atom. The van der Waals surface area contributed by atoms with E-state index in [2.05, 4.69) is 52.1 Å². The van der Waals surface area contributed by atoms with Gasteiger partial charge >= 0.3 is 0 Å². The molecule has 2 aliphatic rings. The Kier molecular flexibility index (Phi) is 3.04. The highest BCUT2D eigenvalue weighted by molar-refractivity contribution is 7.12. The Hall–Kier alpha value is -0.870. The van der Waals surface area contributed by atoms with Gasteiger partial charge < -0.3 is 4.90 Å². The Morgan fingerprint density at radius 1 is 1.30 bits per heavy atom. The van der Waals surface area contributed by atoms with Crippen molar-refractivity contribution >= 4 is 17.2 Å². The van der Waals surface area contributed by atoms with Crippen LogP contribution >= 0.6 is 11.3 Å². The van der Waals surface area contributed by atoms with E-state index >= 15 is 0 Å². The topological polar surface area (TPSA) is 32.3 Å². The van der Waals surface area contributed by atoms with E-state index in [0.29, 0.717) is 23.3 Å². The van der Waals surface area contributed by atoms with Crippen molar-refractivity contribution in [3.63, 3.8) is 0 Å². The second kappa shape index (κ2) is 4.31. The molecule has 2 heterocycles. The summed E-state index contributed by atoms with van der Waals surface area (Å²) >= 11 is 1.78. The van der Waals surface area contributed by atoms with Gasteiger partial charge in [0.2, 0.25) is 5.91 Å². The number of rotatable bonds is 3. The first kappa shape index (κ1) is 14.1.